The van der Waals surface area contributed by atoms with Gasteiger partial charge in [-0.3, -0.25) is 9.89 Å². The Bertz CT molecular complexity index is 1160. The summed E-state index contributed by atoms with van der Waals surface area (Å²) in [5.74, 6) is -0.0355. The molecule has 5 rings (SSSR count). The fraction of sp³-hybridized carbons (Fsp3) is 0.143. The third kappa shape index (κ3) is 2.80. The van der Waals surface area contributed by atoms with Gasteiger partial charge in [-0.25, -0.2) is 0 Å². The molecule has 0 spiro atoms. The lowest BCUT2D eigenvalue weighted by atomic mass is 10.0. The molecule has 1 aliphatic rings. The fourth-order valence-electron chi connectivity index (χ4n) is 3.74. The van der Waals surface area contributed by atoms with Crippen LogP contribution in [0.1, 0.15) is 21.7 Å². The molecule has 2 aromatic heterocycles. The first-order valence-electron chi connectivity index (χ1n) is 8.88. The molecule has 0 saturated heterocycles. The summed E-state index contributed by atoms with van der Waals surface area (Å²) in [5.41, 5.74) is 5.65. The van der Waals surface area contributed by atoms with E-state index in [9.17, 15) is 4.79 Å². The molecule has 1 aliphatic heterocycles. The van der Waals surface area contributed by atoms with Crippen molar-refractivity contribution < 1.29 is 4.79 Å². The molecule has 2 aromatic carbocycles. The van der Waals surface area contributed by atoms with E-state index in [1.54, 1.807) is 6.07 Å². The molecular formula is C21H17ClN4O. The van der Waals surface area contributed by atoms with Gasteiger partial charge in [0.15, 0.2) is 0 Å². The average Bonchev–Trinajstić information content (AvgIpc) is 3.32. The molecule has 0 aliphatic carbocycles. The number of halogens is 1. The lowest BCUT2D eigenvalue weighted by molar-refractivity contribution is 0.0729. The van der Waals surface area contributed by atoms with Crippen LogP contribution in [-0.2, 0) is 13.0 Å². The van der Waals surface area contributed by atoms with Gasteiger partial charge in [-0.05, 0) is 24.3 Å². The number of fused-ring (bicyclic) bond motifs is 3. The van der Waals surface area contributed by atoms with Crippen LogP contribution in [0.5, 0.6) is 0 Å². The minimum Gasteiger partial charge on any atom is -0.358 e. The number of benzene rings is 2. The molecule has 134 valence electrons. The van der Waals surface area contributed by atoms with E-state index in [4.69, 9.17) is 11.6 Å². The van der Waals surface area contributed by atoms with Gasteiger partial charge in [0, 0.05) is 52.3 Å². The zero-order valence-corrected chi connectivity index (χ0v) is 15.3. The van der Waals surface area contributed by atoms with Crippen LogP contribution in [0, 0.1) is 0 Å². The summed E-state index contributed by atoms with van der Waals surface area (Å²) in [5, 5.41) is 9.01. The van der Waals surface area contributed by atoms with Crippen LogP contribution in [0.3, 0.4) is 0 Å². The molecule has 0 atom stereocenters. The van der Waals surface area contributed by atoms with Crippen molar-refractivity contribution in [3.63, 3.8) is 0 Å². The van der Waals surface area contributed by atoms with Crippen molar-refractivity contribution in [2.45, 2.75) is 13.0 Å². The zero-order chi connectivity index (χ0) is 18.4. The number of hydrogen-bond acceptors (Lipinski definition) is 2. The number of nitrogens with zero attached hydrogens (tertiary/aromatic N) is 2. The second kappa shape index (κ2) is 6.28. The third-order valence-electron chi connectivity index (χ3n) is 5.10. The first-order chi connectivity index (χ1) is 13.2. The Labute approximate surface area is 161 Å². The van der Waals surface area contributed by atoms with Gasteiger partial charge in [0.05, 0.1) is 5.69 Å². The number of H-pyrrole nitrogens is 2. The minimum absolute atomic E-state index is 0.0355. The zero-order valence-electron chi connectivity index (χ0n) is 14.5. The normalized spacial score (nSPS) is 13.7. The number of aromatic nitrogens is 3. The molecular weight excluding hydrogens is 360 g/mol. The number of nitrogens with one attached hydrogen (secondary N) is 2. The lowest BCUT2D eigenvalue weighted by Crippen LogP contribution is -2.36. The Morgan fingerprint density at radius 1 is 1.11 bits per heavy atom. The smallest absolute Gasteiger partial charge is 0.272 e. The maximum atomic E-state index is 13.0. The standard InChI is InChI=1S/C21H17ClN4O/c22-14-5-3-4-13(10-14)19-11-20(25-24-19)21(27)26-9-8-18-16(12-26)15-6-1-2-7-17(15)23-18/h1-7,10-11,23H,8-9,12H2,(H,24,25). The van der Waals surface area contributed by atoms with Crippen molar-refractivity contribution in [1.29, 1.82) is 0 Å². The molecule has 3 heterocycles. The van der Waals surface area contributed by atoms with Gasteiger partial charge in [-0.1, -0.05) is 41.9 Å². The van der Waals surface area contributed by atoms with Gasteiger partial charge >= 0.3 is 0 Å². The highest BCUT2D eigenvalue weighted by molar-refractivity contribution is 6.30. The molecule has 0 radical (unpaired) electrons. The van der Waals surface area contributed by atoms with Gasteiger partial charge in [-0.15, -0.1) is 0 Å². The number of carbonyl (C=O) groups excluding carboxylic acids is 1. The van der Waals surface area contributed by atoms with E-state index in [1.807, 2.05) is 41.3 Å². The molecule has 6 heteroatoms. The third-order valence-corrected chi connectivity index (χ3v) is 5.33. The molecule has 0 unspecified atom stereocenters. The van der Waals surface area contributed by atoms with Crippen LogP contribution in [0.25, 0.3) is 22.2 Å². The second-order valence-corrected chi connectivity index (χ2v) is 7.22. The van der Waals surface area contributed by atoms with Gasteiger partial charge in [0.25, 0.3) is 5.91 Å². The lowest BCUT2D eigenvalue weighted by Gasteiger charge is -2.26. The van der Waals surface area contributed by atoms with E-state index >= 15 is 0 Å². The molecule has 0 fully saturated rings. The van der Waals surface area contributed by atoms with E-state index in [-0.39, 0.29) is 5.91 Å². The molecule has 4 aromatic rings. The molecule has 2 N–H and O–H groups in total. The van der Waals surface area contributed by atoms with Gasteiger partial charge in [0.2, 0.25) is 0 Å². The number of amides is 1. The van der Waals surface area contributed by atoms with Crippen molar-refractivity contribution in [3.05, 3.63) is 76.6 Å². The first kappa shape index (κ1) is 16.1. The highest BCUT2D eigenvalue weighted by Crippen LogP contribution is 2.28. The molecule has 0 bridgehead atoms. The Hall–Kier alpha value is -3.05. The van der Waals surface area contributed by atoms with Crippen molar-refractivity contribution in [3.8, 4) is 11.3 Å². The van der Waals surface area contributed by atoms with Crippen LogP contribution in [0.15, 0.2) is 54.6 Å². The predicted molar refractivity (Wildman–Crippen MR) is 106 cm³/mol. The number of aromatic amines is 2. The molecule has 27 heavy (non-hydrogen) atoms. The molecule has 5 nitrogen and oxygen atoms in total. The topological polar surface area (TPSA) is 64.8 Å². The van der Waals surface area contributed by atoms with Crippen molar-refractivity contribution in [2.75, 3.05) is 6.54 Å². The monoisotopic (exact) mass is 376 g/mol. The first-order valence-corrected chi connectivity index (χ1v) is 9.26. The van der Waals surface area contributed by atoms with Gasteiger partial charge < -0.3 is 9.88 Å². The van der Waals surface area contributed by atoms with Crippen LogP contribution in [0.4, 0.5) is 0 Å². The summed E-state index contributed by atoms with van der Waals surface area (Å²) in [7, 11) is 0. The highest BCUT2D eigenvalue weighted by Gasteiger charge is 2.25. The molecule has 1 amide bonds. The van der Waals surface area contributed by atoms with E-state index in [1.165, 1.54) is 16.6 Å². The van der Waals surface area contributed by atoms with E-state index in [0.717, 1.165) is 17.5 Å². The van der Waals surface area contributed by atoms with E-state index in [0.29, 0.717) is 29.5 Å². The number of hydrogen-bond donors (Lipinski definition) is 2. The van der Waals surface area contributed by atoms with Crippen molar-refractivity contribution in [2.24, 2.45) is 0 Å². The molecule has 0 saturated carbocycles. The minimum atomic E-state index is -0.0355. The quantitative estimate of drug-likeness (QED) is 0.544. The number of carbonyl (C=O) groups is 1. The van der Waals surface area contributed by atoms with Crippen molar-refractivity contribution in [1.82, 2.24) is 20.1 Å². The summed E-state index contributed by atoms with van der Waals surface area (Å²) in [6, 6.07) is 17.5. The summed E-state index contributed by atoms with van der Waals surface area (Å²) in [4.78, 5) is 18.3. The average molecular weight is 377 g/mol. The largest absolute Gasteiger partial charge is 0.358 e. The van der Waals surface area contributed by atoms with Gasteiger partial charge in [-0.2, -0.15) is 5.10 Å². The number of rotatable bonds is 2. The maximum Gasteiger partial charge on any atom is 0.272 e. The van der Waals surface area contributed by atoms with Crippen LogP contribution in [-0.4, -0.2) is 32.5 Å². The summed E-state index contributed by atoms with van der Waals surface area (Å²) >= 11 is 6.05. The number of para-hydroxylation sites is 1. The summed E-state index contributed by atoms with van der Waals surface area (Å²) in [6.45, 7) is 1.29. The van der Waals surface area contributed by atoms with Crippen LogP contribution in [0.2, 0.25) is 5.02 Å². The van der Waals surface area contributed by atoms with Crippen LogP contribution < -0.4 is 0 Å². The SMILES string of the molecule is O=C(c1cc(-c2cccc(Cl)c2)n[nH]1)N1CCc2[nH]c3ccccc3c2C1. The Balaban J connectivity index is 1.42. The van der Waals surface area contributed by atoms with E-state index < -0.39 is 0 Å². The second-order valence-electron chi connectivity index (χ2n) is 6.78. The van der Waals surface area contributed by atoms with Gasteiger partial charge in [0.1, 0.15) is 5.69 Å². The predicted octanol–water partition coefficient (Wildman–Crippen LogP) is 4.41. The Kier molecular flexibility index (Phi) is 3.76. The highest BCUT2D eigenvalue weighted by atomic mass is 35.5. The maximum absolute atomic E-state index is 13.0. The van der Waals surface area contributed by atoms with E-state index in [2.05, 4.69) is 27.3 Å². The summed E-state index contributed by atoms with van der Waals surface area (Å²) in [6.07, 6.45) is 0.824. The van der Waals surface area contributed by atoms with Crippen LogP contribution >= 0.6 is 11.6 Å². The van der Waals surface area contributed by atoms with Crippen molar-refractivity contribution >= 4 is 28.4 Å². The Morgan fingerprint density at radius 3 is 2.89 bits per heavy atom. The fourth-order valence-corrected chi connectivity index (χ4v) is 3.93. The summed E-state index contributed by atoms with van der Waals surface area (Å²) < 4.78 is 0. The Morgan fingerprint density at radius 2 is 2.00 bits per heavy atom.